The van der Waals surface area contributed by atoms with E-state index in [-0.39, 0.29) is 17.1 Å². The molecule has 1 aromatic heterocycles. The molecule has 1 saturated carbocycles. The van der Waals surface area contributed by atoms with Crippen LogP contribution in [0.25, 0.3) is 27.7 Å². The molecular weight excluding hydrogens is 499 g/mol. The van der Waals surface area contributed by atoms with Gasteiger partial charge in [-0.1, -0.05) is 12.5 Å². The van der Waals surface area contributed by atoms with Gasteiger partial charge in [0.2, 0.25) is 0 Å². The molecule has 9 heteroatoms. The Hall–Kier alpha value is -3.98. The number of methoxy groups -OCH3 is 3. The lowest BCUT2D eigenvalue weighted by Crippen LogP contribution is -2.41. The van der Waals surface area contributed by atoms with Crippen LogP contribution in [0.1, 0.15) is 35.3 Å². The molecule has 1 aliphatic carbocycles. The summed E-state index contributed by atoms with van der Waals surface area (Å²) in [4.78, 5) is 11.7. The van der Waals surface area contributed by atoms with Gasteiger partial charge in [0.1, 0.15) is 11.3 Å². The summed E-state index contributed by atoms with van der Waals surface area (Å²) in [6, 6.07) is 11.2. The Labute approximate surface area is 217 Å². The number of carboxylic acids is 1. The number of hydrogen-bond acceptors (Lipinski definition) is 4. The van der Waals surface area contributed by atoms with Crippen molar-refractivity contribution in [1.82, 2.24) is 4.57 Å². The van der Waals surface area contributed by atoms with Crippen LogP contribution in [-0.2, 0) is 10.2 Å². The van der Waals surface area contributed by atoms with Crippen molar-refractivity contribution in [3.63, 3.8) is 0 Å². The first-order chi connectivity index (χ1) is 18.2. The minimum absolute atomic E-state index is 0.00122. The molecule has 6 nitrogen and oxygen atoms in total. The van der Waals surface area contributed by atoms with Crippen molar-refractivity contribution in [3.05, 3.63) is 77.2 Å². The molecule has 1 aliphatic rings. The van der Waals surface area contributed by atoms with Crippen LogP contribution in [0.5, 0.6) is 11.5 Å². The Morgan fingerprint density at radius 2 is 1.63 bits per heavy atom. The number of fused-ring (bicyclic) bond motifs is 1. The molecule has 1 N–H and O–H groups in total. The molecule has 0 atom stereocenters. The number of halogens is 3. The van der Waals surface area contributed by atoms with Gasteiger partial charge in [-0.05, 0) is 48.7 Å². The molecule has 0 saturated heterocycles. The van der Waals surface area contributed by atoms with Crippen molar-refractivity contribution in [2.45, 2.75) is 24.7 Å². The molecule has 4 aromatic rings. The van der Waals surface area contributed by atoms with E-state index >= 15 is 0 Å². The first-order valence-corrected chi connectivity index (χ1v) is 12.0. The number of carboxylic acid groups (broad SMARTS) is 1. The Bertz CT molecular complexity index is 1560. The van der Waals surface area contributed by atoms with Gasteiger partial charge in [-0.2, -0.15) is 0 Å². The van der Waals surface area contributed by atoms with Crippen molar-refractivity contribution < 1.29 is 37.3 Å². The Balaban J connectivity index is 1.94. The molecule has 5 rings (SSSR count). The maximum Gasteiger partial charge on any atom is 0.339 e. The van der Waals surface area contributed by atoms with Crippen LogP contribution in [0, 0.1) is 17.5 Å². The third kappa shape index (κ3) is 3.98. The summed E-state index contributed by atoms with van der Waals surface area (Å²) < 4.78 is 61.8. The van der Waals surface area contributed by atoms with Crippen LogP contribution in [0.2, 0.25) is 0 Å². The zero-order chi connectivity index (χ0) is 27.2. The van der Waals surface area contributed by atoms with Crippen LogP contribution in [0.15, 0.2) is 48.5 Å². The Morgan fingerprint density at radius 1 is 0.921 bits per heavy atom. The summed E-state index contributed by atoms with van der Waals surface area (Å²) in [6.07, 6.45) is 2.41. The van der Waals surface area contributed by atoms with Gasteiger partial charge in [-0.15, -0.1) is 0 Å². The molecule has 3 aromatic carbocycles. The van der Waals surface area contributed by atoms with Crippen molar-refractivity contribution >= 4 is 16.9 Å². The van der Waals surface area contributed by atoms with E-state index in [0.29, 0.717) is 34.3 Å². The van der Waals surface area contributed by atoms with E-state index in [9.17, 15) is 23.1 Å². The second-order valence-corrected chi connectivity index (χ2v) is 9.45. The highest BCUT2D eigenvalue weighted by molar-refractivity contribution is 6.01. The van der Waals surface area contributed by atoms with Crippen molar-refractivity contribution in [1.29, 1.82) is 0 Å². The molecular formula is C29H26F3NO5. The third-order valence-corrected chi connectivity index (χ3v) is 7.36. The second-order valence-electron chi connectivity index (χ2n) is 9.45. The summed E-state index contributed by atoms with van der Waals surface area (Å²) in [5.74, 6) is -3.64. The third-order valence-electron chi connectivity index (χ3n) is 7.36. The number of benzene rings is 3. The fraction of sp³-hybridized carbons (Fsp3) is 0.276. The quantitative estimate of drug-likeness (QED) is 0.285. The highest BCUT2D eigenvalue weighted by Crippen LogP contribution is 2.52. The van der Waals surface area contributed by atoms with E-state index in [0.717, 1.165) is 37.1 Å². The van der Waals surface area contributed by atoms with Gasteiger partial charge >= 0.3 is 5.97 Å². The van der Waals surface area contributed by atoms with E-state index < -0.39 is 28.8 Å². The zero-order valence-electron chi connectivity index (χ0n) is 21.1. The fourth-order valence-electron chi connectivity index (χ4n) is 5.48. The molecule has 0 radical (unpaired) electrons. The first kappa shape index (κ1) is 25.7. The van der Waals surface area contributed by atoms with Crippen LogP contribution < -0.4 is 9.47 Å². The zero-order valence-corrected chi connectivity index (χ0v) is 21.1. The number of aromatic nitrogens is 1. The SMILES string of the molecule is COCC1(c2c(-c3ccc(C(=O)O)c(OC)c3)c3cc(F)c(F)cc3n2-c2ccc(F)c(OC)c2)CCC1. The molecule has 0 spiro atoms. The lowest BCUT2D eigenvalue weighted by Gasteiger charge is -2.43. The number of rotatable bonds is 8. The van der Waals surface area contributed by atoms with Crippen molar-refractivity contribution in [3.8, 4) is 28.3 Å². The number of hydrogen-bond donors (Lipinski definition) is 1. The topological polar surface area (TPSA) is 69.9 Å². The summed E-state index contributed by atoms with van der Waals surface area (Å²) in [5, 5.41) is 10.00. The van der Waals surface area contributed by atoms with Gasteiger partial charge in [0.05, 0.1) is 26.3 Å². The van der Waals surface area contributed by atoms with Gasteiger partial charge in [0, 0.05) is 47.0 Å². The second kappa shape index (κ2) is 9.72. The summed E-state index contributed by atoms with van der Waals surface area (Å²) in [7, 11) is 4.32. The first-order valence-electron chi connectivity index (χ1n) is 12.0. The van der Waals surface area contributed by atoms with E-state index in [1.807, 2.05) is 0 Å². The van der Waals surface area contributed by atoms with Crippen LogP contribution in [0.3, 0.4) is 0 Å². The molecule has 0 bridgehead atoms. The monoisotopic (exact) mass is 525 g/mol. The minimum atomic E-state index is -1.16. The lowest BCUT2D eigenvalue weighted by molar-refractivity contribution is 0.0693. The molecule has 1 fully saturated rings. The largest absolute Gasteiger partial charge is 0.496 e. The average Bonchev–Trinajstić information content (AvgIpc) is 3.20. The van der Waals surface area contributed by atoms with Crippen LogP contribution in [-0.4, -0.2) is 43.6 Å². The average molecular weight is 526 g/mol. The van der Waals surface area contributed by atoms with Gasteiger partial charge in [-0.3, -0.25) is 0 Å². The molecule has 0 amide bonds. The van der Waals surface area contributed by atoms with Gasteiger partial charge in [0.25, 0.3) is 0 Å². The maximum atomic E-state index is 14.7. The van der Waals surface area contributed by atoms with E-state index in [4.69, 9.17) is 14.2 Å². The highest BCUT2D eigenvalue weighted by atomic mass is 19.2. The molecule has 38 heavy (non-hydrogen) atoms. The highest BCUT2D eigenvalue weighted by Gasteiger charge is 2.44. The summed E-state index contributed by atoms with van der Waals surface area (Å²) >= 11 is 0. The van der Waals surface area contributed by atoms with E-state index in [1.54, 1.807) is 29.9 Å². The van der Waals surface area contributed by atoms with Crippen molar-refractivity contribution in [2.75, 3.05) is 27.9 Å². The number of ether oxygens (including phenoxy) is 3. The van der Waals surface area contributed by atoms with E-state index in [2.05, 4.69) is 0 Å². The van der Waals surface area contributed by atoms with Gasteiger partial charge < -0.3 is 23.9 Å². The van der Waals surface area contributed by atoms with Crippen LogP contribution >= 0.6 is 0 Å². The Kier molecular flexibility index (Phi) is 6.56. The molecule has 0 aliphatic heterocycles. The minimum Gasteiger partial charge on any atom is -0.496 e. The lowest BCUT2D eigenvalue weighted by atomic mass is 9.65. The molecule has 198 valence electrons. The van der Waals surface area contributed by atoms with Crippen molar-refractivity contribution in [2.24, 2.45) is 0 Å². The molecule has 0 unspecified atom stereocenters. The van der Waals surface area contributed by atoms with Gasteiger partial charge in [-0.25, -0.2) is 18.0 Å². The predicted octanol–water partition coefficient (Wildman–Crippen LogP) is 6.50. The van der Waals surface area contributed by atoms with Crippen LogP contribution in [0.4, 0.5) is 13.2 Å². The summed E-state index contributed by atoms with van der Waals surface area (Å²) in [5.41, 5.74) is 2.20. The standard InChI is InChI=1S/C29H26F3NO5/c1-36-15-29(9-4-10-29)27-26(16-5-7-18(28(34)35)24(11-16)37-2)19-13-21(31)22(32)14-23(19)33(27)17-6-8-20(30)25(12-17)38-3/h5-8,11-14H,4,9-10,15H2,1-3H3,(H,34,35). The van der Waals surface area contributed by atoms with Gasteiger partial charge in [0.15, 0.2) is 23.2 Å². The number of nitrogens with zero attached hydrogens (tertiary/aromatic N) is 1. The number of carbonyl (C=O) groups is 1. The smallest absolute Gasteiger partial charge is 0.339 e. The summed E-state index contributed by atoms with van der Waals surface area (Å²) in [6.45, 7) is 0.337. The number of aromatic carboxylic acids is 1. The maximum absolute atomic E-state index is 14.7. The predicted molar refractivity (Wildman–Crippen MR) is 136 cm³/mol. The normalized spacial score (nSPS) is 14.4. The Morgan fingerprint density at radius 3 is 2.24 bits per heavy atom. The molecule has 1 heterocycles. The fourth-order valence-corrected chi connectivity index (χ4v) is 5.48. The van der Waals surface area contributed by atoms with E-state index in [1.165, 1.54) is 32.4 Å².